The highest BCUT2D eigenvalue weighted by molar-refractivity contribution is 5.83. The first kappa shape index (κ1) is 15.5. The fraction of sp³-hybridized carbons (Fsp3) is 0.632. The number of benzene rings is 1. The maximum Gasteiger partial charge on any atom is 0.226 e. The summed E-state index contributed by atoms with van der Waals surface area (Å²) in [5.41, 5.74) is 2.69. The van der Waals surface area contributed by atoms with Gasteiger partial charge in [-0.3, -0.25) is 4.79 Å². The van der Waals surface area contributed by atoms with E-state index in [2.05, 4.69) is 38.1 Å². The zero-order valence-corrected chi connectivity index (χ0v) is 13.7. The van der Waals surface area contributed by atoms with Gasteiger partial charge in [-0.05, 0) is 55.1 Å². The Morgan fingerprint density at radius 1 is 1.32 bits per heavy atom. The van der Waals surface area contributed by atoms with Crippen LogP contribution in [0.25, 0.3) is 0 Å². The quantitative estimate of drug-likeness (QED) is 0.928. The molecule has 1 heterocycles. The molecule has 1 aromatic carbocycles. The standard InChI is InChI=1S/C19H27NO2/c1-3-19(13-21)8-10-20(11-9-19)18(22)17-12-16(17)15-7-5-4-6-14(15)2/h4-7,16-17,21H,3,8-13H2,1-2H3. The molecule has 3 rings (SSSR count). The molecular weight excluding hydrogens is 274 g/mol. The number of piperidine rings is 1. The van der Waals surface area contributed by atoms with Crippen LogP contribution in [-0.4, -0.2) is 35.6 Å². The number of likely N-dealkylation sites (tertiary alicyclic amines) is 1. The van der Waals surface area contributed by atoms with Crippen LogP contribution in [0.3, 0.4) is 0 Å². The molecule has 1 amide bonds. The topological polar surface area (TPSA) is 40.5 Å². The fourth-order valence-electron chi connectivity index (χ4n) is 3.87. The minimum atomic E-state index is 0.0513. The van der Waals surface area contributed by atoms with Gasteiger partial charge in [0.1, 0.15) is 0 Å². The first-order valence-corrected chi connectivity index (χ1v) is 8.55. The molecule has 2 unspecified atom stereocenters. The second kappa shape index (κ2) is 6.04. The van der Waals surface area contributed by atoms with E-state index in [9.17, 15) is 9.90 Å². The van der Waals surface area contributed by atoms with Crippen LogP contribution in [0.4, 0.5) is 0 Å². The Morgan fingerprint density at radius 2 is 2.00 bits per heavy atom. The van der Waals surface area contributed by atoms with Crippen LogP contribution in [0.2, 0.25) is 0 Å². The van der Waals surface area contributed by atoms with Gasteiger partial charge in [-0.15, -0.1) is 0 Å². The Labute approximate surface area is 133 Å². The summed E-state index contributed by atoms with van der Waals surface area (Å²) >= 11 is 0. The molecule has 0 bridgehead atoms. The summed E-state index contributed by atoms with van der Waals surface area (Å²) < 4.78 is 0. The SMILES string of the molecule is CCC1(CO)CCN(C(=O)C2CC2c2ccccc2C)CC1. The molecule has 3 heteroatoms. The van der Waals surface area contributed by atoms with Gasteiger partial charge in [-0.25, -0.2) is 0 Å². The van der Waals surface area contributed by atoms with Crippen LogP contribution in [0.1, 0.15) is 49.7 Å². The summed E-state index contributed by atoms with van der Waals surface area (Å²) in [4.78, 5) is 14.7. The Bertz CT molecular complexity index is 540. The van der Waals surface area contributed by atoms with E-state index in [0.717, 1.165) is 38.8 Å². The van der Waals surface area contributed by atoms with E-state index in [4.69, 9.17) is 0 Å². The second-order valence-electron chi connectivity index (χ2n) is 7.14. The summed E-state index contributed by atoms with van der Waals surface area (Å²) in [6.45, 7) is 6.14. The molecule has 1 saturated heterocycles. The fourth-order valence-corrected chi connectivity index (χ4v) is 3.87. The van der Waals surface area contributed by atoms with Gasteiger partial charge in [0.05, 0.1) is 0 Å². The van der Waals surface area contributed by atoms with Crippen molar-refractivity contribution in [3.8, 4) is 0 Å². The summed E-state index contributed by atoms with van der Waals surface area (Å²) in [5.74, 6) is 0.935. The van der Waals surface area contributed by atoms with Gasteiger partial charge in [0.25, 0.3) is 0 Å². The smallest absolute Gasteiger partial charge is 0.226 e. The number of carbonyl (C=O) groups excluding carboxylic acids is 1. The molecular formula is C19H27NO2. The van der Waals surface area contributed by atoms with Crippen molar-refractivity contribution in [2.75, 3.05) is 19.7 Å². The van der Waals surface area contributed by atoms with Gasteiger partial charge < -0.3 is 10.0 Å². The summed E-state index contributed by atoms with van der Waals surface area (Å²) in [6, 6.07) is 8.42. The maximum atomic E-state index is 12.7. The summed E-state index contributed by atoms with van der Waals surface area (Å²) in [5, 5.41) is 9.61. The van der Waals surface area contributed by atoms with Crippen molar-refractivity contribution in [3.63, 3.8) is 0 Å². The van der Waals surface area contributed by atoms with Crippen molar-refractivity contribution in [2.24, 2.45) is 11.3 Å². The third-order valence-corrected chi connectivity index (χ3v) is 5.92. The number of aliphatic hydroxyl groups excluding tert-OH is 1. The van der Waals surface area contributed by atoms with Gasteiger partial charge >= 0.3 is 0 Å². The van der Waals surface area contributed by atoms with Crippen molar-refractivity contribution in [1.82, 2.24) is 4.90 Å². The van der Waals surface area contributed by atoms with Crippen LogP contribution >= 0.6 is 0 Å². The lowest BCUT2D eigenvalue weighted by molar-refractivity contribution is -0.135. The average molecular weight is 301 g/mol. The second-order valence-corrected chi connectivity index (χ2v) is 7.14. The van der Waals surface area contributed by atoms with Crippen LogP contribution < -0.4 is 0 Å². The average Bonchev–Trinajstić information content (AvgIpc) is 3.35. The number of aryl methyl sites for hydroxylation is 1. The van der Waals surface area contributed by atoms with E-state index in [1.165, 1.54) is 11.1 Å². The van der Waals surface area contributed by atoms with Crippen molar-refractivity contribution in [2.45, 2.75) is 45.4 Å². The molecule has 0 radical (unpaired) electrons. The molecule has 1 aliphatic carbocycles. The van der Waals surface area contributed by atoms with Crippen molar-refractivity contribution in [1.29, 1.82) is 0 Å². The number of carbonyl (C=O) groups is 1. The van der Waals surface area contributed by atoms with E-state index in [0.29, 0.717) is 11.8 Å². The molecule has 120 valence electrons. The summed E-state index contributed by atoms with van der Waals surface area (Å²) in [7, 11) is 0. The van der Waals surface area contributed by atoms with E-state index in [1.54, 1.807) is 0 Å². The van der Waals surface area contributed by atoms with E-state index in [-0.39, 0.29) is 17.9 Å². The molecule has 1 saturated carbocycles. The third kappa shape index (κ3) is 2.79. The number of aliphatic hydroxyl groups is 1. The first-order chi connectivity index (χ1) is 10.6. The Kier molecular flexibility index (Phi) is 4.26. The highest BCUT2D eigenvalue weighted by Gasteiger charge is 2.47. The zero-order valence-electron chi connectivity index (χ0n) is 13.7. The normalized spacial score (nSPS) is 26.8. The zero-order chi connectivity index (χ0) is 15.7. The number of hydrogen-bond donors (Lipinski definition) is 1. The lowest BCUT2D eigenvalue weighted by Gasteiger charge is -2.40. The minimum absolute atomic E-state index is 0.0513. The van der Waals surface area contributed by atoms with Crippen LogP contribution in [0.15, 0.2) is 24.3 Å². The van der Waals surface area contributed by atoms with Crippen LogP contribution in [-0.2, 0) is 4.79 Å². The van der Waals surface area contributed by atoms with Crippen LogP contribution in [0, 0.1) is 18.3 Å². The maximum absolute atomic E-state index is 12.7. The van der Waals surface area contributed by atoms with Crippen molar-refractivity contribution < 1.29 is 9.90 Å². The van der Waals surface area contributed by atoms with Crippen LogP contribution in [0.5, 0.6) is 0 Å². The number of nitrogens with zero attached hydrogens (tertiary/aromatic N) is 1. The lowest BCUT2D eigenvalue weighted by atomic mass is 9.77. The Morgan fingerprint density at radius 3 is 2.59 bits per heavy atom. The molecule has 2 atom stereocenters. The molecule has 1 aromatic rings. The molecule has 1 N–H and O–H groups in total. The predicted octanol–water partition coefficient (Wildman–Crippen LogP) is 3.11. The largest absolute Gasteiger partial charge is 0.396 e. The number of amides is 1. The van der Waals surface area contributed by atoms with Gasteiger partial charge in [0.15, 0.2) is 0 Å². The lowest BCUT2D eigenvalue weighted by Crippen LogP contribution is -2.45. The van der Waals surface area contributed by atoms with Crippen molar-refractivity contribution in [3.05, 3.63) is 35.4 Å². The number of hydrogen-bond acceptors (Lipinski definition) is 2. The highest BCUT2D eigenvalue weighted by atomic mass is 16.3. The highest BCUT2D eigenvalue weighted by Crippen LogP contribution is 2.50. The molecule has 1 aliphatic heterocycles. The van der Waals surface area contributed by atoms with Gasteiger partial charge in [0, 0.05) is 25.6 Å². The Hall–Kier alpha value is -1.35. The van der Waals surface area contributed by atoms with E-state index < -0.39 is 0 Å². The molecule has 22 heavy (non-hydrogen) atoms. The first-order valence-electron chi connectivity index (χ1n) is 8.55. The van der Waals surface area contributed by atoms with Crippen molar-refractivity contribution >= 4 is 5.91 Å². The molecule has 0 aromatic heterocycles. The van der Waals surface area contributed by atoms with E-state index in [1.807, 2.05) is 4.90 Å². The Balaban J connectivity index is 1.60. The predicted molar refractivity (Wildman–Crippen MR) is 87.7 cm³/mol. The van der Waals surface area contributed by atoms with Gasteiger partial charge in [-0.2, -0.15) is 0 Å². The van der Waals surface area contributed by atoms with Gasteiger partial charge in [-0.1, -0.05) is 31.2 Å². The molecule has 2 aliphatic rings. The van der Waals surface area contributed by atoms with Gasteiger partial charge in [0.2, 0.25) is 5.91 Å². The number of rotatable bonds is 4. The minimum Gasteiger partial charge on any atom is -0.396 e. The molecule has 3 nitrogen and oxygen atoms in total. The third-order valence-electron chi connectivity index (χ3n) is 5.92. The molecule has 0 spiro atoms. The molecule has 2 fully saturated rings. The van der Waals surface area contributed by atoms with E-state index >= 15 is 0 Å². The monoisotopic (exact) mass is 301 g/mol. The summed E-state index contributed by atoms with van der Waals surface area (Å²) in [6.07, 6.45) is 3.88.